The molecular weight excluding hydrogens is 542 g/mol. The van der Waals surface area contributed by atoms with Crippen LogP contribution in [0.4, 0.5) is 0 Å². The van der Waals surface area contributed by atoms with E-state index in [4.69, 9.17) is 9.47 Å². The molecule has 0 saturated carbocycles. The van der Waals surface area contributed by atoms with E-state index in [0.29, 0.717) is 28.1 Å². The van der Waals surface area contributed by atoms with Gasteiger partial charge in [-0.25, -0.2) is 14.0 Å². The fourth-order valence-electron chi connectivity index (χ4n) is 4.78. The molecule has 1 amide bonds. The summed E-state index contributed by atoms with van der Waals surface area (Å²) in [5.74, 6) is 0.456. The highest BCUT2D eigenvalue weighted by Crippen LogP contribution is 2.34. The molecule has 0 unspecified atom stereocenters. The first-order chi connectivity index (χ1) is 19.4. The number of fused-ring (bicyclic) bond motifs is 1. The Morgan fingerprint density at radius 1 is 1.12 bits per heavy atom. The van der Waals surface area contributed by atoms with Crippen LogP contribution >= 0.6 is 11.3 Å². The molecule has 0 fully saturated rings. The van der Waals surface area contributed by atoms with Gasteiger partial charge in [0, 0.05) is 36.2 Å². The van der Waals surface area contributed by atoms with Crippen molar-refractivity contribution in [3.8, 4) is 10.8 Å². The van der Waals surface area contributed by atoms with E-state index in [1.54, 1.807) is 48.7 Å². The first kappa shape index (κ1) is 30.3. The third-order valence-corrected chi connectivity index (χ3v) is 8.20. The third kappa shape index (κ3) is 5.87. The van der Waals surface area contributed by atoms with Gasteiger partial charge in [-0.15, -0.1) is 0 Å². The second-order valence-corrected chi connectivity index (χ2v) is 12.3. The van der Waals surface area contributed by atoms with E-state index >= 15 is 0 Å². The molecule has 1 aromatic carbocycles. The van der Waals surface area contributed by atoms with Gasteiger partial charge >= 0.3 is 5.69 Å². The number of amides is 1. The van der Waals surface area contributed by atoms with Crippen molar-refractivity contribution in [2.45, 2.75) is 72.7 Å². The highest BCUT2D eigenvalue weighted by molar-refractivity contribution is 7.21. The van der Waals surface area contributed by atoms with Gasteiger partial charge in [0.25, 0.3) is 5.56 Å². The van der Waals surface area contributed by atoms with Crippen molar-refractivity contribution in [1.82, 2.24) is 24.2 Å². The number of methoxy groups -OCH3 is 1. The molecule has 0 radical (unpaired) electrons. The number of aromatic nitrogens is 4. The molecule has 0 saturated heterocycles. The molecule has 0 aliphatic rings. The predicted octanol–water partition coefficient (Wildman–Crippen LogP) is 4.40. The number of carbonyl (C=O) groups excluding carboxylic acids is 1. The van der Waals surface area contributed by atoms with E-state index < -0.39 is 28.8 Å². The average molecular weight is 582 g/mol. The second-order valence-electron chi connectivity index (χ2n) is 11.3. The Labute approximate surface area is 243 Å². The van der Waals surface area contributed by atoms with Crippen molar-refractivity contribution >= 4 is 27.5 Å². The van der Waals surface area contributed by atoms with Gasteiger partial charge in [0.2, 0.25) is 5.91 Å². The molecule has 41 heavy (non-hydrogen) atoms. The molecule has 10 nitrogen and oxygen atoms in total. The van der Waals surface area contributed by atoms with Crippen LogP contribution in [0.1, 0.15) is 58.8 Å². The van der Waals surface area contributed by atoms with E-state index in [1.807, 2.05) is 45.0 Å². The molecular formula is C30H39N5O5S. The van der Waals surface area contributed by atoms with Crippen LogP contribution in [0.3, 0.4) is 0 Å². The number of ether oxygens (including phenoxy) is 2. The minimum atomic E-state index is -1.46. The van der Waals surface area contributed by atoms with Crippen molar-refractivity contribution in [2.75, 3.05) is 13.7 Å². The zero-order chi connectivity index (χ0) is 30.1. The van der Waals surface area contributed by atoms with Gasteiger partial charge < -0.3 is 14.8 Å². The minimum absolute atomic E-state index is 0.100. The number of nitrogens with one attached hydrogen (secondary N) is 1. The van der Waals surface area contributed by atoms with Gasteiger partial charge in [0.05, 0.1) is 19.0 Å². The van der Waals surface area contributed by atoms with Gasteiger partial charge in [0.15, 0.2) is 0 Å². The van der Waals surface area contributed by atoms with Crippen LogP contribution in [0.2, 0.25) is 0 Å². The lowest BCUT2D eigenvalue weighted by molar-refractivity contribution is -0.129. The van der Waals surface area contributed by atoms with Crippen LogP contribution in [0.5, 0.6) is 5.75 Å². The van der Waals surface area contributed by atoms with E-state index in [9.17, 15) is 14.4 Å². The Morgan fingerprint density at radius 3 is 2.44 bits per heavy atom. The van der Waals surface area contributed by atoms with Gasteiger partial charge in [-0.2, -0.15) is 5.10 Å². The topological polar surface area (TPSA) is 109 Å². The summed E-state index contributed by atoms with van der Waals surface area (Å²) in [6, 6.07) is 9.17. The number of hydrogen-bond donors (Lipinski definition) is 1. The highest BCUT2D eigenvalue weighted by Gasteiger charge is 2.36. The number of carbonyl (C=O) groups is 1. The number of benzene rings is 1. The summed E-state index contributed by atoms with van der Waals surface area (Å²) in [7, 11) is 1.59. The standard InChI is InChI=1S/C30H39N5O5S/c1-18(2)17-40-23(21-12-9-10-13-22(21)39-8)16-33-27-24(20(5)26(41-27)34-15-11-14-31-34)25(36)35(29(33)38)30(6,7)28(37)32-19(3)4/h9-15,18-19,23H,16-17H2,1-8H3,(H,32,37)/t23-/m0/s1. The molecule has 0 bridgehead atoms. The smallest absolute Gasteiger partial charge is 0.333 e. The molecule has 11 heteroatoms. The molecule has 1 atom stereocenters. The molecule has 1 N–H and O–H groups in total. The normalized spacial score (nSPS) is 12.8. The van der Waals surface area contributed by atoms with Crippen molar-refractivity contribution in [3.05, 3.63) is 74.7 Å². The fourth-order valence-corrected chi connectivity index (χ4v) is 6.03. The number of rotatable bonds is 11. The maximum absolute atomic E-state index is 14.4. The van der Waals surface area contributed by atoms with E-state index in [-0.39, 0.29) is 18.5 Å². The monoisotopic (exact) mass is 581 g/mol. The lowest BCUT2D eigenvalue weighted by atomic mass is 10.0. The Bertz CT molecular complexity index is 1650. The third-order valence-electron chi connectivity index (χ3n) is 6.90. The Hall–Kier alpha value is -3.70. The summed E-state index contributed by atoms with van der Waals surface area (Å²) in [5, 5.41) is 8.31. The van der Waals surface area contributed by atoms with Crippen LogP contribution < -0.4 is 21.3 Å². The lowest BCUT2D eigenvalue weighted by Gasteiger charge is -2.28. The first-order valence-electron chi connectivity index (χ1n) is 13.7. The van der Waals surface area contributed by atoms with Crippen LogP contribution in [-0.4, -0.2) is 44.6 Å². The number of para-hydroxylation sites is 1. The zero-order valence-electron chi connectivity index (χ0n) is 24.9. The van der Waals surface area contributed by atoms with Crippen molar-refractivity contribution in [1.29, 1.82) is 0 Å². The second kappa shape index (κ2) is 12.0. The molecule has 4 rings (SSSR count). The molecule has 4 aromatic rings. The number of nitrogens with zero attached hydrogens (tertiary/aromatic N) is 4. The van der Waals surface area contributed by atoms with Gasteiger partial charge in [0.1, 0.15) is 27.2 Å². The van der Waals surface area contributed by atoms with E-state index in [1.165, 1.54) is 11.3 Å². The van der Waals surface area contributed by atoms with Crippen LogP contribution in [0, 0.1) is 12.8 Å². The Balaban J connectivity index is 2.02. The first-order valence-corrected chi connectivity index (χ1v) is 14.5. The fraction of sp³-hybridized carbons (Fsp3) is 0.467. The molecule has 0 aliphatic heterocycles. The predicted molar refractivity (Wildman–Crippen MR) is 161 cm³/mol. The maximum atomic E-state index is 14.4. The van der Waals surface area contributed by atoms with Gasteiger partial charge in [-0.1, -0.05) is 43.4 Å². The lowest BCUT2D eigenvalue weighted by Crippen LogP contribution is -2.56. The van der Waals surface area contributed by atoms with Crippen molar-refractivity contribution in [3.63, 3.8) is 0 Å². The summed E-state index contributed by atoms with van der Waals surface area (Å²) < 4.78 is 16.3. The molecule has 220 valence electrons. The summed E-state index contributed by atoms with van der Waals surface area (Å²) in [6.45, 7) is 13.3. The molecule has 0 aliphatic carbocycles. The van der Waals surface area contributed by atoms with Crippen molar-refractivity contribution < 1.29 is 14.3 Å². The molecule has 0 spiro atoms. The number of aryl methyl sites for hydroxylation is 1. The summed E-state index contributed by atoms with van der Waals surface area (Å²) in [4.78, 5) is 42.3. The van der Waals surface area contributed by atoms with Crippen LogP contribution in [-0.2, 0) is 21.6 Å². The zero-order valence-corrected chi connectivity index (χ0v) is 25.7. The van der Waals surface area contributed by atoms with Gasteiger partial charge in [-0.05, 0) is 52.7 Å². The van der Waals surface area contributed by atoms with E-state index in [2.05, 4.69) is 24.3 Å². The Morgan fingerprint density at radius 2 is 1.83 bits per heavy atom. The molecule has 3 aromatic heterocycles. The number of thiophene rings is 1. The largest absolute Gasteiger partial charge is 0.496 e. The molecule has 3 heterocycles. The van der Waals surface area contributed by atoms with Crippen LogP contribution in [0.15, 0.2) is 52.3 Å². The average Bonchev–Trinajstić information content (AvgIpc) is 3.56. The highest BCUT2D eigenvalue weighted by atomic mass is 32.1. The van der Waals surface area contributed by atoms with Gasteiger partial charge in [-0.3, -0.25) is 14.2 Å². The summed E-state index contributed by atoms with van der Waals surface area (Å²) in [6.07, 6.45) is 2.89. The summed E-state index contributed by atoms with van der Waals surface area (Å²) >= 11 is 1.31. The van der Waals surface area contributed by atoms with Crippen LogP contribution in [0.25, 0.3) is 15.2 Å². The summed E-state index contributed by atoms with van der Waals surface area (Å²) in [5.41, 5.74) is -1.11. The number of hydrogen-bond acceptors (Lipinski definition) is 7. The SMILES string of the molecule is COc1ccccc1[C@H](Cn1c(=O)n(C(C)(C)C(=O)NC(C)C)c(=O)c2c(C)c(-n3cccn3)sc21)OCC(C)C. The van der Waals surface area contributed by atoms with E-state index in [0.717, 1.165) is 15.1 Å². The quantitative estimate of drug-likeness (QED) is 0.281. The minimum Gasteiger partial charge on any atom is -0.496 e. The Kier molecular flexibility index (Phi) is 8.89. The van der Waals surface area contributed by atoms with Crippen molar-refractivity contribution in [2.24, 2.45) is 5.92 Å². The maximum Gasteiger partial charge on any atom is 0.333 e.